The topological polar surface area (TPSA) is 80.7 Å². The lowest BCUT2D eigenvalue weighted by Crippen LogP contribution is -2.32. The van der Waals surface area contributed by atoms with Gasteiger partial charge in [-0.1, -0.05) is 79.9 Å². The second kappa shape index (κ2) is 13.7. The number of benzene rings is 2. The Balaban J connectivity index is 1.64. The van der Waals surface area contributed by atoms with Gasteiger partial charge in [0.05, 0.1) is 5.41 Å². The molecule has 34 heavy (non-hydrogen) atoms. The molecule has 0 heterocycles. The van der Waals surface area contributed by atoms with E-state index in [0.717, 1.165) is 49.7 Å². The number of carbonyl (C=O) groups excluding carboxylic acids is 2. The molecular weight excluding hydrogens is 428 g/mol. The molecular formula is C29H38O5. The van der Waals surface area contributed by atoms with Gasteiger partial charge >= 0.3 is 5.97 Å². The highest BCUT2D eigenvalue weighted by atomic mass is 16.5. The maximum Gasteiger partial charge on any atom is 0.313 e. The average Bonchev–Trinajstić information content (AvgIpc) is 2.84. The lowest BCUT2D eigenvalue weighted by molar-refractivity contribution is -0.144. The minimum Gasteiger partial charge on any atom is -0.481 e. The number of ether oxygens (including phenoxy) is 1. The van der Waals surface area contributed by atoms with Crippen LogP contribution in [0.2, 0.25) is 0 Å². The molecule has 5 nitrogen and oxygen atoms in total. The molecule has 0 aromatic heterocycles. The zero-order chi connectivity index (χ0) is 24.9. The van der Waals surface area contributed by atoms with Crippen LogP contribution in [0.15, 0.2) is 60.7 Å². The van der Waals surface area contributed by atoms with E-state index < -0.39 is 17.0 Å². The molecule has 0 amide bonds. The van der Waals surface area contributed by atoms with Gasteiger partial charge in [-0.25, -0.2) is 0 Å². The van der Waals surface area contributed by atoms with Crippen molar-refractivity contribution >= 4 is 18.2 Å². The number of unbranched alkanes of at least 4 members (excludes halogenated alkanes) is 4. The van der Waals surface area contributed by atoms with Crippen LogP contribution in [-0.4, -0.2) is 23.3 Å². The highest BCUT2D eigenvalue weighted by Crippen LogP contribution is 2.31. The second-order valence-corrected chi connectivity index (χ2v) is 9.47. The predicted octanol–water partition coefficient (Wildman–Crippen LogP) is 6.59. The van der Waals surface area contributed by atoms with Crippen molar-refractivity contribution in [3.63, 3.8) is 0 Å². The number of carboxylic acid groups (broad SMARTS) is 1. The maximum atomic E-state index is 12.3. The van der Waals surface area contributed by atoms with Crippen molar-refractivity contribution in [2.24, 2.45) is 0 Å². The molecule has 0 saturated carbocycles. The molecule has 0 aliphatic rings. The van der Waals surface area contributed by atoms with Crippen LogP contribution in [0.5, 0.6) is 0 Å². The molecule has 0 aliphatic heterocycles. The first-order valence-electron chi connectivity index (χ1n) is 12.3. The van der Waals surface area contributed by atoms with Crippen LogP contribution in [-0.2, 0) is 30.1 Å². The van der Waals surface area contributed by atoms with Crippen molar-refractivity contribution in [1.29, 1.82) is 0 Å². The molecule has 0 fully saturated rings. The predicted molar refractivity (Wildman–Crippen MR) is 134 cm³/mol. The van der Waals surface area contributed by atoms with Gasteiger partial charge in [-0.05, 0) is 57.1 Å². The van der Waals surface area contributed by atoms with Gasteiger partial charge in [0.25, 0.3) is 6.47 Å². The molecule has 2 unspecified atom stereocenters. The Morgan fingerprint density at radius 2 is 1.26 bits per heavy atom. The summed E-state index contributed by atoms with van der Waals surface area (Å²) < 4.78 is 5.40. The molecule has 0 spiro atoms. The van der Waals surface area contributed by atoms with Gasteiger partial charge in [0.1, 0.15) is 11.4 Å². The van der Waals surface area contributed by atoms with Gasteiger partial charge in [0.2, 0.25) is 0 Å². The van der Waals surface area contributed by atoms with Crippen molar-refractivity contribution in [3.05, 3.63) is 71.8 Å². The summed E-state index contributed by atoms with van der Waals surface area (Å²) >= 11 is 0. The summed E-state index contributed by atoms with van der Waals surface area (Å²) in [6.07, 6.45) is 7.41. The second-order valence-electron chi connectivity index (χ2n) is 9.47. The molecule has 2 atom stereocenters. The fourth-order valence-corrected chi connectivity index (χ4v) is 4.41. The lowest BCUT2D eigenvalue weighted by atomic mass is 9.78. The van der Waals surface area contributed by atoms with Gasteiger partial charge in [0, 0.05) is 12.8 Å². The van der Waals surface area contributed by atoms with Crippen molar-refractivity contribution < 1.29 is 24.2 Å². The number of carbonyl (C=O) groups is 3. The zero-order valence-electron chi connectivity index (χ0n) is 20.5. The highest BCUT2D eigenvalue weighted by molar-refractivity contribution is 5.80. The summed E-state index contributed by atoms with van der Waals surface area (Å²) in [5.41, 5.74) is 0.259. The Morgan fingerprint density at radius 3 is 1.76 bits per heavy atom. The first kappa shape index (κ1) is 27.3. The Labute approximate surface area is 203 Å². The van der Waals surface area contributed by atoms with Crippen molar-refractivity contribution in [3.8, 4) is 0 Å². The normalized spacial score (nSPS) is 14.5. The lowest BCUT2D eigenvalue weighted by Gasteiger charge is -2.28. The Morgan fingerprint density at radius 1 is 0.765 bits per heavy atom. The van der Waals surface area contributed by atoms with E-state index in [2.05, 4.69) is 0 Å². The molecule has 2 aromatic rings. The molecule has 2 aromatic carbocycles. The minimum atomic E-state index is -0.896. The number of hydrogen-bond donors (Lipinski definition) is 1. The summed E-state index contributed by atoms with van der Waals surface area (Å²) in [6.45, 7) is 4.21. The number of aliphatic carboxylic acids is 1. The molecule has 2 rings (SSSR count). The molecule has 0 aliphatic carbocycles. The van der Waals surface area contributed by atoms with Gasteiger partial charge < -0.3 is 9.84 Å². The molecule has 0 saturated heterocycles. The smallest absolute Gasteiger partial charge is 0.313 e. The summed E-state index contributed by atoms with van der Waals surface area (Å²) in [5, 5.41) is 9.74. The van der Waals surface area contributed by atoms with Crippen LogP contribution < -0.4 is 0 Å². The van der Waals surface area contributed by atoms with Crippen LogP contribution in [0.4, 0.5) is 0 Å². The van der Waals surface area contributed by atoms with Gasteiger partial charge in [-0.2, -0.15) is 0 Å². The third-order valence-electron chi connectivity index (χ3n) is 6.82. The third-order valence-corrected chi connectivity index (χ3v) is 6.82. The zero-order valence-corrected chi connectivity index (χ0v) is 20.5. The van der Waals surface area contributed by atoms with Crippen molar-refractivity contribution in [2.75, 3.05) is 0 Å². The molecule has 0 radical (unpaired) electrons. The van der Waals surface area contributed by atoms with Crippen LogP contribution in [0.25, 0.3) is 0 Å². The Kier molecular flexibility index (Phi) is 11.0. The SMILES string of the molecule is CC(CCCCCC(=O)CCCCCC(C)(C(=O)O)c1ccccc1)(OC=O)c1ccccc1. The third kappa shape index (κ3) is 8.12. The molecule has 5 heteroatoms. The maximum absolute atomic E-state index is 12.3. The highest BCUT2D eigenvalue weighted by Gasteiger charge is 2.34. The monoisotopic (exact) mass is 466 g/mol. The van der Waals surface area contributed by atoms with E-state index in [4.69, 9.17) is 4.74 Å². The van der Waals surface area contributed by atoms with E-state index in [-0.39, 0.29) is 5.78 Å². The average molecular weight is 467 g/mol. The Hall–Kier alpha value is -2.95. The van der Waals surface area contributed by atoms with Crippen LogP contribution in [0.3, 0.4) is 0 Å². The fourth-order valence-electron chi connectivity index (χ4n) is 4.41. The fraction of sp³-hybridized carbons (Fsp3) is 0.483. The van der Waals surface area contributed by atoms with Crippen molar-refractivity contribution in [2.45, 2.75) is 89.1 Å². The van der Waals surface area contributed by atoms with E-state index in [9.17, 15) is 19.5 Å². The van der Waals surface area contributed by atoms with E-state index in [1.54, 1.807) is 6.92 Å². The Bertz CT molecular complexity index is 895. The minimum absolute atomic E-state index is 0.263. The standard InChI is InChI=1S/C29H38O5/c1-28(27(32)33,24-15-7-3-8-16-24)21-13-5-11-19-26(31)20-12-6-14-22-29(2,34-23-30)25-17-9-4-10-18-25/h3-4,7-10,15-18,23H,5-6,11-14,19-22H2,1-2H3,(H,32,33). The molecule has 184 valence electrons. The number of ketones is 1. The van der Waals surface area contributed by atoms with Gasteiger partial charge in [-0.15, -0.1) is 0 Å². The van der Waals surface area contributed by atoms with Gasteiger partial charge in [0.15, 0.2) is 0 Å². The quantitative estimate of drug-likeness (QED) is 0.210. The summed E-state index contributed by atoms with van der Waals surface area (Å²) in [7, 11) is 0. The van der Waals surface area contributed by atoms with E-state index in [0.29, 0.717) is 32.2 Å². The summed E-state index contributed by atoms with van der Waals surface area (Å²) in [4.78, 5) is 35.1. The number of Topliss-reactive ketones (excluding diaryl/α,β-unsaturated/α-hetero) is 1. The number of rotatable bonds is 17. The summed E-state index contributed by atoms with van der Waals surface area (Å²) in [6, 6.07) is 19.1. The van der Waals surface area contributed by atoms with E-state index >= 15 is 0 Å². The van der Waals surface area contributed by atoms with E-state index in [1.807, 2.05) is 67.6 Å². The van der Waals surface area contributed by atoms with Crippen LogP contribution >= 0.6 is 0 Å². The van der Waals surface area contributed by atoms with Crippen LogP contribution in [0.1, 0.15) is 89.2 Å². The molecule has 1 N–H and O–H groups in total. The first-order valence-corrected chi connectivity index (χ1v) is 12.3. The first-order chi connectivity index (χ1) is 16.3. The van der Waals surface area contributed by atoms with Crippen LogP contribution in [0, 0.1) is 0 Å². The number of hydrogen-bond acceptors (Lipinski definition) is 4. The van der Waals surface area contributed by atoms with E-state index in [1.165, 1.54) is 0 Å². The largest absolute Gasteiger partial charge is 0.481 e. The van der Waals surface area contributed by atoms with Crippen molar-refractivity contribution in [1.82, 2.24) is 0 Å². The van der Waals surface area contributed by atoms with Gasteiger partial charge in [-0.3, -0.25) is 14.4 Å². The summed E-state index contributed by atoms with van der Waals surface area (Å²) in [5.74, 6) is -0.546. The molecule has 0 bridgehead atoms. The number of carboxylic acids is 1.